The van der Waals surface area contributed by atoms with Crippen LogP contribution in [0.4, 0.5) is 5.13 Å². The number of ether oxygens (including phenoxy) is 2. The van der Waals surface area contributed by atoms with Crippen molar-refractivity contribution in [1.82, 2.24) is 10.2 Å². The van der Waals surface area contributed by atoms with E-state index in [1.54, 1.807) is 13.2 Å². The first-order valence-corrected chi connectivity index (χ1v) is 8.59. The molecule has 1 amide bonds. The molecule has 1 aliphatic heterocycles. The zero-order valence-electron chi connectivity index (χ0n) is 13.8. The Kier molecular flexibility index (Phi) is 4.80. The lowest BCUT2D eigenvalue weighted by Gasteiger charge is -2.08. The molecule has 1 aromatic carbocycles. The average Bonchev–Trinajstić information content (AvgIpc) is 3.16. The lowest BCUT2D eigenvalue weighted by atomic mass is 10.1. The van der Waals surface area contributed by atoms with Crippen molar-refractivity contribution in [2.45, 2.75) is 32.8 Å². The van der Waals surface area contributed by atoms with Crippen molar-refractivity contribution in [3.05, 3.63) is 34.3 Å². The SMILES string of the molecule is CCc1nnc(NC(=O)C=Cc2cc3c(cc2OC)CC(C)O3)s1. The molecule has 0 bridgehead atoms. The number of benzene rings is 1. The third-order valence-corrected chi connectivity index (χ3v) is 4.65. The highest BCUT2D eigenvalue weighted by Crippen LogP contribution is 2.35. The molecule has 0 radical (unpaired) electrons. The van der Waals surface area contributed by atoms with Crippen molar-refractivity contribution < 1.29 is 14.3 Å². The number of nitrogens with zero attached hydrogens (tertiary/aromatic N) is 2. The van der Waals surface area contributed by atoms with E-state index in [4.69, 9.17) is 9.47 Å². The normalized spacial score (nSPS) is 16.0. The van der Waals surface area contributed by atoms with Crippen LogP contribution in [0.15, 0.2) is 18.2 Å². The molecule has 126 valence electrons. The van der Waals surface area contributed by atoms with Gasteiger partial charge in [0.1, 0.15) is 22.6 Å². The average molecular weight is 345 g/mol. The van der Waals surface area contributed by atoms with Gasteiger partial charge in [-0.1, -0.05) is 18.3 Å². The minimum atomic E-state index is -0.259. The molecule has 1 aromatic heterocycles. The number of hydrogen-bond donors (Lipinski definition) is 1. The summed E-state index contributed by atoms with van der Waals surface area (Å²) in [7, 11) is 1.62. The number of anilines is 1. The summed E-state index contributed by atoms with van der Waals surface area (Å²) >= 11 is 1.37. The standard InChI is InChI=1S/C17H19N3O3S/c1-4-16-19-20-17(24-16)18-15(21)6-5-11-8-14-12(7-10(2)23-14)9-13(11)22-3/h5-6,8-10H,4,7H2,1-3H3,(H,18,20,21). The first-order valence-electron chi connectivity index (χ1n) is 7.78. The Morgan fingerprint density at radius 1 is 1.50 bits per heavy atom. The first kappa shape index (κ1) is 16.4. The Bertz CT molecular complexity index is 785. The summed E-state index contributed by atoms with van der Waals surface area (Å²) in [6.45, 7) is 4.02. The van der Waals surface area contributed by atoms with E-state index in [0.29, 0.717) is 5.13 Å². The van der Waals surface area contributed by atoms with Crippen molar-refractivity contribution in [2.75, 3.05) is 12.4 Å². The molecule has 2 heterocycles. The molecule has 0 saturated heterocycles. The maximum atomic E-state index is 12.0. The largest absolute Gasteiger partial charge is 0.496 e. The van der Waals surface area contributed by atoms with Gasteiger partial charge in [0, 0.05) is 23.6 Å². The van der Waals surface area contributed by atoms with Crippen LogP contribution in [0.5, 0.6) is 11.5 Å². The minimum absolute atomic E-state index is 0.164. The molecular formula is C17H19N3O3S. The molecule has 2 aromatic rings. The van der Waals surface area contributed by atoms with E-state index in [0.717, 1.165) is 40.5 Å². The lowest BCUT2D eigenvalue weighted by molar-refractivity contribution is -0.111. The predicted octanol–water partition coefficient (Wildman–Crippen LogP) is 3.08. The minimum Gasteiger partial charge on any atom is -0.496 e. The van der Waals surface area contributed by atoms with E-state index in [-0.39, 0.29) is 12.0 Å². The van der Waals surface area contributed by atoms with Crippen molar-refractivity contribution in [2.24, 2.45) is 0 Å². The van der Waals surface area contributed by atoms with Crippen molar-refractivity contribution >= 4 is 28.5 Å². The lowest BCUT2D eigenvalue weighted by Crippen LogP contribution is -2.07. The fourth-order valence-electron chi connectivity index (χ4n) is 2.52. The smallest absolute Gasteiger partial charge is 0.250 e. The number of hydrogen-bond acceptors (Lipinski definition) is 6. The Morgan fingerprint density at radius 2 is 2.33 bits per heavy atom. The van der Waals surface area contributed by atoms with Crippen LogP contribution in [-0.4, -0.2) is 29.3 Å². The van der Waals surface area contributed by atoms with E-state index >= 15 is 0 Å². The van der Waals surface area contributed by atoms with Gasteiger partial charge in [0.25, 0.3) is 0 Å². The number of carbonyl (C=O) groups is 1. The van der Waals surface area contributed by atoms with Gasteiger partial charge in [-0.2, -0.15) is 0 Å². The number of methoxy groups -OCH3 is 1. The van der Waals surface area contributed by atoms with Gasteiger partial charge in [-0.25, -0.2) is 0 Å². The molecule has 0 saturated carbocycles. The molecule has 1 N–H and O–H groups in total. The zero-order valence-corrected chi connectivity index (χ0v) is 14.6. The van der Waals surface area contributed by atoms with Crippen LogP contribution in [0.1, 0.15) is 30.0 Å². The van der Waals surface area contributed by atoms with Crippen molar-refractivity contribution in [1.29, 1.82) is 0 Å². The fourth-order valence-corrected chi connectivity index (χ4v) is 3.20. The Morgan fingerprint density at radius 3 is 3.04 bits per heavy atom. The van der Waals surface area contributed by atoms with E-state index in [2.05, 4.69) is 15.5 Å². The molecule has 0 aliphatic carbocycles. The zero-order chi connectivity index (χ0) is 17.1. The molecule has 1 atom stereocenters. The van der Waals surface area contributed by atoms with Crippen LogP contribution in [0.2, 0.25) is 0 Å². The van der Waals surface area contributed by atoms with E-state index in [1.165, 1.54) is 17.4 Å². The molecule has 1 aliphatic rings. The third kappa shape index (κ3) is 3.56. The topological polar surface area (TPSA) is 73.3 Å². The van der Waals surface area contributed by atoms with E-state index < -0.39 is 0 Å². The molecular weight excluding hydrogens is 326 g/mol. The molecule has 0 spiro atoms. The van der Waals surface area contributed by atoms with Gasteiger partial charge in [0.05, 0.1) is 7.11 Å². The van der Waals surface area contributed by atoms with Gasteiger partial charge >= 0.3 is 0 Å². The van der Waals surface area contributed by atoms with Crippen LogP contribution in [0, 0.1) is 0 Å². The molecule has 7 heteroatoms. The van der Waals surface area contributed by atoms with Gasteiger partial charge in [0.15, 0.2) is 0 Å². The molecule has 1 unspecified atom stereocenters. The van der Waals surface area contributed by atoms with Crippen molar-refractivity contribution in [3.63, 3.8) is 0 Å². The summed E-state index contributed by atoms with van der Waals surface area (Å²) in [6.07, 6.45) is 5.00. The van der Waals surface area contributed by atoms with Gasteiger partial charge in [-0.3, -0.25) is 10.1 Å². The third-order valence-electron chi connectivity index (χ3n) is 3.66. The van der Waals surface area contributed by atoms with Crippen LogP contribution >= 0.6 is 11.3 Å². The Hall–Kier alpha value is -2.41. The molecule has 6 nitrogen and oxygen atoms in total. The highest BCUT2D eigenvalue weighted by molar-refractivity contribution is 7.15. The number of nitrogens with one attached hydrogen (secondary N) is 1. The second-order valence-electron chi connectivity index (χ2n) is 5.51. The predicted molar refractivity (Wildman–Crippen MR) is 93.7 cm³/mol. The summed E-state index contributed by atoms with van der Waals surface area (Å²) in [4.78, 5) is 12.0. The summed E-state index contributed by atoms with van der Waals surface area (Å²) in [5, 5.41) is 12.0. The highest BCUT2D eigenvalue weighted by Gasteiger charge is 2.21. The summed E-state index contributed by atoms with van der Waals surface area (Å²) in [5.41, 5.74) is 1.92. The highest BCUT2D eigenvalue weighted by atomic mass is 32.1. The van der Waals surface area contributed by atoms with Gasteiger partial charge in [-0.15, -0.1) is 10.2 Å². The molecule has 0 fully saturated rings. The Balaban J connectivity index is 1.73. The fraction of sp³-hybridized carbons (Fsp3) is 0.353. The molecule has 3 rings (SSSR count). The van der Waals surface area contributed by atoms with Gasteiger partial charge in [-0.05, 0) is 31.6 Å². The maximum absolute atomic E-state index is 12.0. The van der Waals surface area contributed by atoms with Crippen LogP contribution in [-0.2, 0) is 17.6 Å². The van der Waals surface area contributed by atoms with E-state index in [9.17, 15) is 4.79 Å². The number of rotatable bonds is 5. The summed E-state index contributed by atoms with van der Waals surface area (Å²) in [5.74, 6) is 1.31. The maximum Gasteiger partial charge on any atom is 0.250 e. The number of amides is 1. The summed E-state index contributed by atoms with van der Waals surface area (Å²) < 4.78 is 11.2. The number of carbonyl (C=O) groups excluding carboxylic acids is 1. The summed E-state index contributed by atoms with van der Waals surface area (Å²) in [6, 6.07) is 3.87. The van der Waals surface area contributed by atoms with Crippen LogP contribution in [0.3, 0.4) is 0 Å². The molecule has 24 heavy (non-hydrogen) atoms. The van der Waals surface area contributed by atoms with Gasteiger partial charge < -0.3 is 9.47 Å². The monoisotopic (exact) mass is 345 g/mol. The second-order valence-corrected chi connectivity index (χ2v) is 6.57. The van der Waals surface area contributed by atoms with E-state index in [1.807, 2.05) is 26.0 Å². The van der Waals surface area contributed by atoms with Crippen LogP contribution in [0.25, 0.3) is 6.08 Å². The number of fused-ring (bicyclic) bond motifs is 1. The second kappa shape index (κ2) is 7.00. The first-order chi connectivity index (χ1) is 11.6. The number of aryl methyl sites for hydroxylation is 1. The quantitative estimate of drug-likeness (QED) is 0.843. The van der Waals surface area contributed by atoms with Crippen LogP contribution < -0.4 is 14.8 Å². The Labute approximate surface area is 144 Å². The number of aromatic nitrogens is 2. The van der Waals surface area contributed by atoms with Crippen molar-refractivity contribution in [3.8, 4) is 11.5 Å². The van der Waals surface area contributed by atoms with Gasteiger partial charge in [0.2, 0.25) is 11.0 Å².